The van der Waals surface area contributed by atoms with E-state index in [0.717, 1.165) is 32.6 Å². The van der Waals surface area contributed by atoms with Gasteiger partial charge in [0, 0.05) is 26.2 Å². The van der Waals surface area contributed by atoms with Crippen LogP contribution in [0.1, 0.15) is 25.7 Å². The van der Waals surface area contributed by atoms with Crippen LogP contribution in [0, 0.1) is 5.92 Å². The van der Waals surface area contributed by atoms with Gasteiger partial charge in [0.2, 0.25) is 0 Å². The van der Waals surface area contributed by atoms with E-state index in [1.54, 1.807) is 0 Å². The molecule has 2 N–H and O–H groups in total. The normalized spacial score (nSPS) is 18.9. The Kier molecular flexibility index (Phi) is 7.16. The summed E-state index contributed by atoms with van der Waals surface area (Å²) in [5, 5.41) is 12.9. The van der Waals surface area contributed by atoms with Gasteiger partial charge >= 0.3 is 5.97 Å². The number of nitrogens with one attached hydrogen (secondary N) is 1. The van der Waals surface area contributed by atoms with Crippen molar-refractivity contribution in [2.45, 2.75) is 31.8 Å². The molecular formula is C12H23NO4. The van der Waals surface area contributed by atoms with E-state index in [0.29, 0.717) is 18.9 Å². The molecule has 1 aliphatic rings. The highest BCUT2D eigenvalue weighted by Gasteiger charge is 2.14. The Hall–Kier alpha value is -0.650. The minimum absolute atomic E-state index is 0.270. The molecule has 0 amide bonds. The van der Waals surface area contributed by atoms with E-state index in [2.05, 4.69) is 10.1 Å². The van der Waals surface area contributed by atoms with Crippen molar-refractivity contribution in [1.29, 1.82) is 0 Å². The first-order chi connectivity index (χ1) is 8.22. The van der Waals surface area contributed by atoms with E-state index in [9.17, 15) is 9.90 Å². The lowest BCUT2D eigenvalue weighted by atomic mass is 10.0. The Morgan fingerprint density at radius 1 is 1.53 bits per heavy atom. The van der Waals surface area contributed by atoms with Crippen molar-refractivity contribution in [2.75, 3.05) is 33.4 Å². The maximum absolute atomic E-state index is 10.9. The number of esters is 1. The monoisotopic (exact) mass is 245 g/mol. The summed E-state index contributed by atoms with van der Waals surface area (Å²) < 4.78 is 9.79. The molecule has 1 rings (SSSR count). The Balaban J connectivity index is 1.99. The standard InChI is InChI=1S/C12H23NO4/c1-16-12(15)3-2-11(14)9-13-8-10-4-6-17-7-5-10/h10-11,13-14H,2-9H2,1H3. The zero-order chi connectivity index (χ0) is 12.5. The molecule has 0 aromatic carbocycles. The van der Waals surface area contributed by atoms with Crippen LogP contribution in [0.2, 0.25) is 0 Å². The van der Waals surface area contributed by atoms with Crippen LogP contribution in [0.4, 0.5) is 0 Å². The summed E-state index contributed by atoms with van der Waals surface area (Å²) in [6.07, 6.45) is 2.43. The molecule has 5 heteroatoms. The number of methoxy groups -OCH3 is 1. The van der Waals surface area contributed by atoms with Crippen molar-refractivity contribution in [1.82, 2.24) is 5.32 Å². The van der Waals surface area contributed by atoms with Gasteiger partial charge in [-0.3, -0.25) is 4.79 Å². The fourth-order valence-electron chi connectivity index (χ4n) is 1.89. The van der Waals surface area contributed by atoms with Gasteiger partial charge < -0.3 is 19.9 Å². The molecule has 0 saturated carbocycles. The van der Waals surface area contributed by atoms with Gasteiger partial charge in [0.25, 0.3) is 0 Å². The number of carbonyl (C=O) groups is 1. The van der Waals surface area contributed by atoms with E-state index in [-0.39, 0.29) is 12.4 Å². The highest BCUT2D eigenvalue weighted by molar-refractivity contribution is 5.69. The van der Waals surface area contributed by atoms with Crippen LogP contribution in [-0.2, 0) is 14.3 Å². The lowest BCUT2D eigenvalue weighted by Crippen LogP contribution is -2.33. The van der Waals surface area contributed by atoms with E-state index in [1.165, 1.54) is 7.11 Å². The van der Waals surface area contributed by atoms with Crippen LogP contribution < -0.4 is 5.32 Å². The zero-order valence-corrected chi connectivity index (χ0v) is 10.5. The first-order valence-electron chi connectivity index (χ1n) is 6.25. The van der Waals surface area contributed by atoms with Crippen LogP contribution in [0.15, 0.2) is 0 Å². The van der Waals surface area contributed by atoms with Crippen molar-refractivity contribution < 1.29 is 19.4 Å². The quantitative estimate of drug-likeness (QED) is 0.632. The predicted molar refractivity (Wildman–Crippen MR) is 63.7 cm³/mol. The minimum Gasteiger partial charge on any atom is -0.469 e. The van der Waals surface area contributed by atoms with Gasteiger partial charge in [0.15, 0.2) is 0 Å². The van der Waals surface area contributed by atoms with Crippen LogP contribution in [0.3, 0.4) is 0 Å². The smallest absolute Gasteiger partial charge is 0.305 e. The summed E-state index contributed by atoms with van der Waals surface area (Å²) in [4.78, 5) is 10.9. The molecule has 0 radical (unpaired) electrons. The minimum atomic E-state index is -0.478. The molecule has 17 heavy (non-hydrogen) atoms. The van der Waals surface area contributed by atoms with E-state index >= 15 is 0 Å². The van der Waals surface area contributed by atoms with E-state index < -0.39 is 6.10 Å². The third-order valence-corrected chi connectivity index (χ3v) is 3.06. The fraction of sp³-hybridized carbons (Fsp3) is 0.917. The average molecular weight is 245 g/mol. The van der Waals surface area contributed by atoms with Crippen LogP contribution >= 0.6 is 0 Å². The number of aliphatic hydroxyl groups is 1. The second kappa shape index (κ2) is 8.44. The average Bonchev–Trinajstić information content (AvgIpc) is 2.37. The Bertz CT molecular complexity index is 217. The molecule has 0 aromatic rings. The molecule has 1 heterocycles. The summed E-state index contributed by atoms with van der Waals surface area (Å²) in [6.45, 7) is 3.14. The second-order valence-corrected chi connectivity index (χ2v) is 4.48. The third-order valence-electron chi connectivity index (χ3n) is 3.06. The molecule has 1 unspecified atom stereocenters. The summed E-state index contributed by atoms with van der Waals surface area (Å²) in [5.74, 6) is 0.380. The Morgan fingerprint density at radius 3 is 2.88 bits per heavy atom. The summed E-state index contributed by atoms with van der Waals surface area (Å²) in [7, 11) is 1.36. The topological polar surface area (TPSA) is 67.8 Å². The van der Waals surface area contributed by atoms with Gasteiger partial charge in [-0.15, -0.1) is 0 Å². The third kappa shape index (κ3) is 6.61. The van der Waals surface area contributed by atoms with Crippen molar-refractivity contribution in [3.8, 4) is 0 Å². The van der Waals surface area contributed by atoms with Gasteiger partial charge in [0.1, 0.15) is 0 Å². The molecule has 0 spiro atoms. The summed E-state index contributed by atoms with van der Waals surface area (Å²) in [5.41, 5.74) is 0. The molecule has 0 bridgehead atoms. The van der Waals surface area contributed by atoms with Crippen molar-refractivity contribution >= 4 is 5.97 Å². The number of ether oxygens (including phenoxy) is 2. The van der Waals surface area contributed by atoms with Crippen molar-refractivity contribution in [3.05, 3.63) is 0 Å². The zero-order valence-electron chi connectivity index (χ0n) is 10.5. The number of hydrogen-bond acceptors (Lipinski definition) is 5. The Morgan fingerprint density at radius 2 is 2.24 bits per heavy atom. The molecule has 1 fully saturated rings. The highest BCUT2D eigenvalue weighted by Crippen LogP contribution is 2.13. The van der Waals surface area contributed by atoms with Gasteiger partial charge in [0.05, 0.1) is 13.2 Å². The number of rotatable bonds is 7. The number of carbonyl (C=O) groups excluding carboxylic acids is 1. The van der Waals surface area contributed by atoms with Gasteiger partial charge in [-0.25, -0.2) is 0 Å². The number of aliphatic hydroxyl groups excluding tert-OH is 1. The molecule has 0 aromatic heterocycles. The summed E-state index contributed by atoms with van der Waals surface area (Å²) in [6, 6.07) is 0. The molecule has 1 atom stereocenters. The molecule has 5 nitrogen and oxygen atoms in total. The fourth-order valence-corrected chi connectivity index (χ4v) is 1.89. The lowest BCUT2D eigenvalue weighted by molar-refractivity contribution is -0.141. The van der Waals surface area contributed by atoms with Crippen LogP contribution in [0.25, 0.3) is 0 Å². The lowest BCUT2D eigenvalue weighted by Gasteiger charge is -2.22. The molecule has 100 valence electrons. The van der Waals surface area contributed by atoms with Crippen molar-refractivity contribution in [2.24, 2.45) is 5.92 Å². The number of hydrogen-bond donors (Lipinski definition) is 2. The maximum Gasteiger partial charge on any atom is 0.305 e. The largest absolute Gasteiger partial charge is 0.469 e. The highest BCUT2D eigenvalue weighted by atomic mass is 16.5. The van der Waals surface area contributed by atoms with Crippen LogP contribution in [0.5, 0.6) is 0 Å². The van der Waals surface area contributed by atoms with Gasteiger partial charge in [-0.1, -0.05) is 0 Å². The molecular weight excluding hydrogens is 222 g/mol. The molecule has 0 aliphatic carbocycles. The van der Waals surface area contributed by atoms with Gasteiger partial charge in [-0.05, 0) is 31.7 Å². The Labute approximate surface area is 102 Å². The second-order valence-electron chi connectivity index (χ2n) is 4.48. The van der Waals surface area contributed by atoms with Gasteiger partial charge in [-0.2, -0.15) is 0 Å². The van der Waals surface area contributed by atoms with E-state index in [4.69, 9.17) is 4.74 Å². The maximum atomic E-state index is 10.9. The first kappa shape index (κ1) is 14.4. The summed E-state index contributed by atoms with van der Waals surface area (Å²) >= 11 is 0. The van der Waals surface area contributed by atoms with Crippen LogP contribution in [-0.4, -0.2) is 50.6 Å². The van der Waals surface area contributed by atoms with Crippen molar-refractivity contribution in [3.63, 3.8) is 0 Å². The van der Waals surface area contributed by atoms with E-state index in [1.807, 2.05) is 0 Å². The predicted octanol–water partition coefficient (Wildman–Crippen LogP) is 0.317. The first-order valence-corrected chi connectivity index (χ1v) is 6.25. The molecule has 1 saturated heterocycles. The molecule has 1 aliphatic heterocycles. The SMILES string of the molecule is COC(=O)CCC(O)CNCC1CCOCC1.